The number of carbonyl (C=O) groups is 1. The molecule has 94 valence electrons. The van der Waals surface area contributed by atoms with E-state index in [1.54, 1.807) is 4.68 Å². The number of carbonyl (C=O) groups excluding carboxylic acids is 1. The van der Waals surface area contributed by atoms with E-state index in [1.165, 1.54) is 19.3 Å². The number of nitrogens with zero attached hydrogens (tertiary/aromatic N) is 2. The van der Waals surface area contributed by atoms with E-state index >= 15 is 0 Å². The van der Waals surface area contributed by atoms with Crippen LogP contribution in [-0.2, 0) is 11.8 Å². The zero-order valence-corrected chi connectivity index (χ0v) is 10.6. The quantitative estimate of drug-likeness (QED) is 0.873. The molecule has 0 bridgehead atoms. The van der Waals surface area contributed by atoms with Crippen molar-refractivity contribution in [1.29, 1.82) is 0 Å². The van der Waals surface area contributed by atoms with Gasteiger partial charge in [0, 0.05) is 24.7 Å². The highest BCUT2D eigenvalue weighted by Crippen LogP contribution is 2.24. The average Bonchev–Trinajstić information content (AvgIpc) is 2.77. The maximum atomic E-state index is 12.1. The summed E-state index contributed by atoms with van der Waals surface area (Å²) in [5.41, 5.74) is 1.07. The molecule has 1 atom stereocenters. The van der Waals surface area contributed by atoms with Crippen LogP contribution in [0.4, 0.5) is 0 Å². The van der Waals surface area contributed by atoms with Crippen molar-refractivity contribution in [3.8, 4) is 0 Å². The van der Waals surface area contributed by atoms with Crippen LogP contribution in [0, 0.1) is 5.92 Å². The number of aromatic nitrogens is 2. The van der Waals surface area contributed by atoms with Gasteiger partial charge in [0.2, 0.25) is 5.91 Å². The Morgan fingerprint density at radius 1 is 1.47 bits per heavy atom. The van der Waals surface area contributed by atoms with E-state index in [9.17, 15) is 4.79 Å². The molecule has 0 aliphatic heterocycles. The first kappa shape index (κ1) is 12.1. The van der Waals surface area contributed by atoms with Crippen molar-refractivity contribution in [2.45, 2.75) is 45.1 Å². The Morgan fingerprint density at radius 3 is 2.76 bits per heavy atom. The van der Waals surface area contributed by atoms with Crippen molar-refractivity contribution in [3.63, 3.8) is 0 Å². The molecule has 1 unspecified atom stereocenters. The van der Waals surface area contributed by atoms with Crippen LogP contribution in [0.1, 0.15) is 50.6 Å². The highest BCUT2D eigenvalue weighted by Gasteiger charge is 2.22. The van der Waals surface area contributed by atoms with E-state index in [0.717, 1.165) is 18.4 Å². The average molecular weight is 235 g/mol. The molecule has 1 aromatic rings. The molecule has 1 amide bonds. The van der Waals surface area contributed by atoms with Gasteiger partial charge >= 0.3 is 0 Å². The molecular weight excluding hydrogens is 214 g/mol. The molecule has 4 heteroatoms. The monoisotopic (exact) mass is 235 g/mol. The van der Waals surface area contributed by atoms with Crippen molar-refractivity contribution in [2.75, 3.05) is 0 Å². The molecule has 1 aliphatic rings. The number of aryl methyl sites for hydroxylation is 1. The smallest absolute Gasteiger partial charge is 0.223 e. The first-order valence-electron chi connectivity index (χ1n) is 6.45. The van der Waals surface area contributed by atoms with Crippen molar-refractivity contribution in [1.82, 2.24) is 15.1 Å². The molecule has 17 heavy (non-hydrogen) atoms. The first-order valence-corrected chi connectivity index (χ1v) is 6.45. The van der Waals surface area contributed by atoms with Crippen molar-refractivity contribution >= 4 is 5.91 Å². The molecular formula is C13H21N3O. The fraction of sp³-hybridized carbons (Fsp3) is 0.692. The molecule has 1 fully saturated rings. The predicted molar refractivity (Wildman–Crippen MR) is 66.3 cm³/mol. The fourth-order valence-electron chi connectivity index (χ4n) is 2.44. The second-order valence-corrected chi connectivity index (χ2v) is 5.01. The Labute approximate surface area is 102 Å². The minimum atomic E-state index is 0.0538. The van der Waals surface area contributed by atoms with Crippen molar-refractivity contribution < 1.29 is 4.79 Å². The topological polar surface area (TPSA) is 46.9 Å². The summed E-state index contributed by atoms with van der Waals surface area (Å²) in [4.78, 5) is 12.1. The lowest BCUT2D eigenvalue weighted by Crippen LogP contribution is -2.33. The molecule has 2 rings (SSSR count). The molecule has 4 nitrogen and oxygen atoms in total. The molecule has 0 radical (unpaired) electrons. The number of hydrogen-bond donors (Lipinski definition) is 1. The second-order valence-electron chi connectivity index (χ2n) is 5.01. The summed E-state index contributed by atoms with van der Waals surface area (Å²) >= 11 is 0. The van der Waals surface area contributed by atoms with E-state index < -0.39 is 0 Å². The third-order valence-electron chi connectivity index (χ3n) is 3.56. The molecule has 1 N–H and O–H groups in total. The van der Waals surface area contributed by atoms with Gasteiger partial charge in [-0.15, -0.1) is 0 Å². The number of nitrogens with one attached hydrogen (secondary N) is 1. The maximum Gasteiger partial charge on any atom is 0.223 e. The molecule has 0 spiro atoms. The highest BCUT2D eigenvalue weighted by atomic mass is 16.1. The summed E-state index contributed by atoms with van der Waals surface area (Å²) in [5.74, 6) is 0.434. The standard InChI is InChI=1S/C13H21N3O/c1-10(12-8-14-16(2)9-12)15-13(17)11-6-4-3-5-7-11/h8-11H,3-7H2,1-2H3,(H,15,17). The highest BCUT2D eigenvalue weighted by molar-refractivity contribution is 5.79. The van der Waals surface area contributed by atoms with Crippen LogP contribution in [0.25, 0.3) is 0 Å². The normalized spacial score (nSPS) is 18.9. The van der Waals surface area contributed by atoms with Gasteiger partial charge in [0.1, 0.15) is 0 Å². The Kier molecular flexibility index (Phi) is 3.82. The Hall–Kier alpha value is -1.32. The number of hydrogen-bond acceptors (Lipinski definition) is 2. The van der Waals surface area contributed by atoms with Gasteiger partial charge in [-0.25, -0.2) is 0 Å². The summed E-state index contributed by atoms with van der Waals surface area (Å²) in [7, 11) is 1.89. The van der Waals surface area contributed by atoms with E-state index in [1.807, 2.05) is 26.4 Å². The van der Waals surface area contributed by atoms with Gasteiger partial charge in [-0.2, -0.15) is 5.10 Å². The molecule has 1 aliphatic carbocycles. The molecule has 0 saturated heterocycles. The van der Waals surface area contributed by atoms with Crippen LogP contribution >= 0.6 is 0 Å². The minimum Gasteiger partial charge on any atom is -0.349 e. The van der Waals surface area contributed by atoms with Crippen LogP contribution < -0.4 is 5.32 Å². The summed E-state index contributed by atoms with van der Waals surface area (Å²) < 4.78 is 1.76. The van der Waals surface area contributed by atoms with Crippen LogP contribution in [0.3, 0.4) is 0 Å². The number of rotatable bonds is 3. The van der Waals surface area contributed by atoms with Crippen LogP contribution in [0.15, 0.2) is 12.4 Å². The number of amides is 1. The van der Waals surface area contributed by atoms with Gasteiger partial charge in [0.05, 0.1) is 12.2 Å². The second kappa shape index (κ2) is 5.34. The Balaban J connectivity index is 1.89. The molecule has 1 heterocycles. The third-order valence-corrected chi connectivity index (χ3v) is 3.56. The summed E-state index contributed by atoms with van der Waals surface area (Å²) in [5, 5.41) is 7.21. The molecule has 1 aromatic heterocycles. The van der Waals surface area contributed by atoms with E-state index in [4.69, 9.17) is 0 Å². The van der Waals surface area contributed by atoms with Crippen LogP contribution in [-0.4, -0.2) is 15.7 Å². The van der Waals surface area contributed by atoms with Crippen molar-refractivity contribution in [2.24, 2.45) is 13.0 Å². The molecule has 0 aromatic carbocycles. The zero-order chi connectivity index (χ0) is 12.3. The first-order chi connectivity index (χ1) is 8.16. The summed E-state index contributed by atoms with van der Waals surface area (Å²) in [6.07, 6.45) is 9.52. The summed E-state index contributed by atoms with van der Waals surface area (Å²) in [6, 6.07) is 0.0538. The van der Waals surface area contributed by atoms with E-state index in [0.29, 0.717) is 0 Å². The fourth-order valence-corrected chi connectivity index (χ4v) is 2.44. The maximum absolute atomic E-state index is 12.1. The zero-order valence-electron chi connectivity index (χ0n) is 10.6. The minimum absolute atomic E-state index is 0.0538. The largest absolute Gasteiger partial charge is 0.349 e. The van der Waals surface area contributed by atoms with Gasteiger partial charge < -0.3 is 5.32 Å². The van der Waals surface area contributed by atoms with Gasteiger partial charge in [0.15, 0.2) is 0 Å². The van der Waals surface area contributed by atoms with Gasteiger partial charge in [-0.1, -0.05) is 19.3 Å². The van der Waals surface area contributed by atoms with E-state index in [2.05, 4.69) is 10.4 Å². The predicted octanol–water partition coefficient (Wildman–Crippen LogP) is 2.18. The van der Waals surface area contributed by atoms with Crippen LogP contribution in [0.2, 0.25) is 0 Å². The summed E-state index contributed by atoms with van der Waals surface area (Å²) in [6.45, 7) is 2.01. The Bertz CT molecular complexity index is 380. The Morgan fingerprint density at radius 2 is 2.18 bits per heavy atom. The SMILES string of the molecule is CC(NC(=O)C1CCCCC1)c1cnn(C)c1. The lowest BCUT2D eigenvalue weighted by atomic mass is 9.88. The van der Waals surface area contributed by atoms with Gasteiger partial charge in [-0.05, 0) is 19.8 Å². The molecule has 1 saturated carbocycles. The third kappa shape index (κ3) is 3.08. The van der Waals surface area contributed by atoms with Gasteiger partial charge in [0.25, 0.3) is 0 Å². The lowest BCUT2D eigenvalue weighted by Gasteiger charge is -2.22. The van der Waals surface area contributed by atoms with E-state index in [-0.39, 0.29) is 17.9 Å². The van der Waals surface area contributed by atoms with Gasteiger partial charge in [-0.3, -0.25) is 9.48 Å². The lowest BCUT2D eigenvalue weighted by molar-refractivity contribution is -0.126. The van der Waals surface area contributed by atoms with Crippen LogP contribution in [0.5, 0.6) is 0 Å². The van der Waals surface area contributed by atoms with Crippen molar-refractivity contribution in [3.05, 3.63) is 18.0 Å².